The quantitative estimate of drug-likeness (QED) is 0.874. The molecule has 3 nitrogen and oxygen atoms in total. The van der Waals surface area contributed by atoms with Gasteiger partial charge >= 0.3 is 0 Å². The van der Waals surface area contributed by atoms with Gasteiger partial charge in [-0.3, -0.25) is 0 Å². The molecule has 0 radical (unpaired) electrons. The van der Waals surface area contributed by atoms with Gasteiger partial charge in [0.15, 0.2) is 0 Å². The van der Waals surface area contributed by atoms with Gasteiger partial charge in [0.05, 0.1) is 7.11 Å². The fourth-order valence-corrected chi connectivity index (χ4v) is 3.19. The maximum absolute atomic E-state index is 5.95. The molecule has 0 spiro atoms. The number of ether oxygens (including phenoxy) is 1. The van der Waals surface area contributed by atoms with Gasteiger partial charge in [0.25, 0.3) is 0 Å². The zero-order valence-electron chi connectivity index (χ0n) is 11.6. The average Bonchev–Trinajstić information content (AvgIpc) is 3.21. The van der Waals surface area contributed by atoms with Crippen molar-refractivity contribution in [3.05, 3.63) is 29.8 Å². The summed E-state index contributed by atoms with van der Waals surface area (Å²) in [6, 6.07) is 10.3. The number of rotatable bonds is 4. The Kier molecular flexibility index (Phi) is 3.76. The summed E-state index contributed by atoms with van der Waals surface area (Å²) in [7, 11) is 1.71. The highest BCUT2D eigenvalue weighted by atomic mass is 16.5. The Morgan fingerprint density at radius 3 is 2.42 bits per heavy atom. The normalized spacial score (nSPS) is 34.0. The molecule has 1 aromatic carbocycles. The molecule has 3 heteroatoms. The third-order valence-corrected chi connectivity index (χ3v) is 4.56. The fourth-order valence-electron chi connectivity index (χ4n) is 3.19. The van der Waals surface area contributed by atoms with Crippen LogP contribution in [0.25, 0.3) is 0 Å². The SMILES string of the molecule is COc1ccc([C@H]2C[C@@H]2NC2CCC(N)CC2)cc1. The summed E-state index contributed by atoms with van der Waals surface area (Å²) < 4.78 is 5.20. The van der Waals surface area contributed by atoms with Gasteiger partial charge in [-0.05, 0) is 49.8 Å². The Morgan fingerprint density at radius 1 is 1.11 bits per heavy atom. The first kappa shape index (κ1) is 12.9. The molecule has 104 valence electrons. The largest absolute Gasteiger partial charge is 0.497 e. The maximum Gasteiger partial charge on any atom is 0.118 e. The number of hydrogen-bond acceptors (Lipinski definition) is 3. The van der Waals surface area contributed by atoms with E-state index in [1.807, 2.05) is 0 Å². The van der Waals surface area contributed by atoms with Crippen LogP contribution in [0.2, 0.25) is 0 Å². The Hall–Kier alpha value is -1.06. The van der Waals surface area contributed by atoms with Crippen molar-refractivity contribution in [2.75, 3.05) is 7.11 Å². The molecule has 2 aliphatic rings. The van der Waals surface area contributed by atoms with Crippen molar-refractivity contribution in [3.8, 4) is 5.75 Å². The lowest BCUT2D eigenvalue weighted by molar-refractivity contribution is 0.339. The van der Waals surface area contributed by atoms with Crippen LogP contribution in [0.5, 0.6) is 5.75 Å². The number of nitrogens with one attached hydrogen (secondary N) is 1. The van der Waals surface area contributed by atoms with E-state index in [2.05, 4.69) is 29.6 Å². The van der Waals surface area contributed by atoms with E-state index < -0.39 is 0 Å². The highest BCUT2D eigenvalue weighted by Crippen LogP contribution is 2.42. The Bertz CT molecular complexity index is 409. The third kappa shape index (κ3) is 3.10. The lowest BCUT2D eigenvalue weighted by Crippen LogP contribution is -2.38. The van der Waals surface area contributed by atoms with E-state index in [9.17, 15) is 0 Å². The summed E-state index contributed by atoms with van der Waals surface area (Å²) >= 11 is 0. The molecule has 0 unspecified atom stereocenters. The first-order chi connectivity index (χ1) is 9.26. The molecule has 3 rings (SSSR count). The summed E-state index contributed by atoms with van der Waals surface area (Å²) in [5, 5.41) is 3.80. The molecule has 0 aliphatic heterocycles. The zero-order chi connectivity index (χ0) is 13.2. The van der Waals surface area contributed by atoms with Crippen molar-refractivity contribution in [1.29, 1.82) is 0 Å². The van der Waals surface area contributed by atoms with Gasteiger partial charge in [-0.2, -0.15) is 0 Å². The van der Waals surface area contributed by atoms with Crippen LogP contribution in [-0.2, 0) is 0 Å². The van der Waals surface area contributed by atoms with Gasteiger partial charge in [-0.1, -0.05) is 12.1 Å². The lowest BCUT2D eigenvalue weighted by atomic mass is 9.92. The smallest absolute Gasteiger partial charge is 0.118 e. The second-order valence-corrected chi connectivity index (χ2v) is 6.00. The molecule has 0 saturated heterocycles. The molecule has 0 bridgehead atoms. The molecule has 3 N–H and O–H groups in total. The van der Waals surface area contributed by atoms with E-state index in [4.69, 9.17) is 10.5 Å². The molecular weight excluding hydrogens is 236 g/mol. The second kappa shape index (κ2) is 5.51. The Labute approximate surface area is 115 Å². The van der Waals surface area contributed by atoms with Gasteiger partial charge < -0.3 is 15.8 Å². The molecule has 0 aromatic heterocycles. The number of benzene rings is 1. The van der Waals surface area contributed by atoms with E-state index in [1.165, 1.54) is 37.7 Å². The standard InChI is InChI=1S/C16H24N2O/c1-19-14-8-2-11(3-9-14)15-10-16(15)18-13-6-4-12(17)5-7-13/h2-3,8-9,12-13,15-16,18H,4-7,10,17H2,1H3/t12?,13?,15-,16+/m1/s1. The van der Waals surface area contributed by atoms with Crippen LogP contribution < -0.4 is 15.8 Å². The summed E-state index contributed by atoms with van der Waals surface area (Å²) in [5.41, 5.74) is 7.39. The first-order valence-corrected chi connectivity index (χ1v) is 7.42. The van der Waals surface area contributed by atoms with Crippen LogP contribution in [0.3, 0.4) is 0 Å². The Balaban J connectivity index is 1.50. The predicted molar refractivity (Wildman–Crippen MR) is 77.5 cm³/mol. The van der Waals surface area contributed by atoms with E-state index in [-0.39, 0.29) is 0 Å². The van der Waals surface area contributed by atoms with Gasteiger partial charge in [0.2, 0.25) is 0 Å². The minimum atomic E-state index is 0.439. The van der Waals surface area contributed by atoms with Crippen LogP contribution in [0.1, 0.15) is 43.6 Å². The van der Waals surface area contributed by atoms with Crippen LogP contribution in [-0.4, -0.2) is 25.2 Å². The molecule has 0 heterocycles. The topological polar surface area (TPSA) is 47.3 Å². The second-order valence-electron chi connectivity index (χ2n) is 6.00. The first-order valence-electron chi connectivity index (χ1n) is 7.42. The van der Waals surface area contributed by atoms with E-state index >= 15 is 0 Å². The molecule has 1 aromatic rings. The van der Waals surface area contributed by atoms with Crippen molar-refractivity contribution in [2.45, 2.75) is 56.1 Å². The highest BCUT2D eigenvalue weighted by Gasteiger charge is 2.39. The van der Waals surface area contributed by atoms with E-state index in [1.54, 1.807) is 7.11 Å². The molecule has 19 heavy (non-hydrogen) atoms. The van der Waals surface area contributed by atoms with Crippen molar-refractivity contribution in [2.24, 2.45) is 5.73 Å². The fraction of sp³-hybridized carbons (Fsp3) is 0.625. The molecular formula is C16H24N2O. The maximum atomic E-state index is 5.95. The van der Waals surface area contributed by atoms with Gasteiger partial charge in [-0.25, -0.2) is 0 Å². The van der Waals surface area contributed by atoms with Crippen molar-refractivity contribution >= 4 is 0 Å². The monoisotopic (exact) mass is 260 g/mol. The van der Waals surface area contributed by atoms with Gasteiger partial charge in [-0.15, -0.1) is 0 Å². The number of hydrogen-bond donors (Lipinski definition) is 2. The molecule has 2 saturated carbocycles. The molecule has 2 aliphatic carbocycles. The molecule has 2 fully saturated rings. The average molecular weight is 260 g/mol. The summed E-state index contributed by atoms with van der Waals surface area (Å²) in [5.74, 6) is 1.64. The van der Waals surface area contributed by atoms with Crippen LogP contribution in [0, 0.1) is 0 Å². The zero-order valence-corrected chi connectivity index (χ0v) is 11.6. The van der Waals surface area contributed by atoms with Crippen molar-refractivity contribution in [1.82, 2.24) is 5.32 Å². The summed E-state index contributed by atoms with van der Waals surface area (Å²) in [6.07, 6.45) is 6.12. The van der Waals surface area contributed by atoms with Gasteiger partial charge in [0.1, 0.15) is 5.75 Å². The minimum Gasteiger partial charge on any atom is -0.497 e. The Morgan fingerprint density at radius 2 is 1.79 bits per heavy atom. The van der Waals surface area contributed by atoms with E-state index in [0.717, 1.165) is 5.75 Å². The summed E-state index contributed by atoms with van der Waals surface area (Å²) in [6.45, 7) is 0. The molecule has 2 atom stereocenters. The highest BCUT2D eigenvalue weighted by molar-refractivity contribution is 5.33. The molecule has 0 amide bonds. The van der Waals surface area contributed by atoms with Crippen molar-refractivity contribution in [3.63, 3.8) is 0 Å². The number of methoxy groups -OCH3 is 1. The van der Waals surface area contributed by atoms with E-state index in [0.29, 0.717) is 24.0 Å². The number of nitrogens with two attached hydrogens (primary N) is 1. The van der Waals surface area contributed by atoms with Crippen LogP contribution in [0.15, 0.2) is 24.3 Å². The van der Waals surface area contributed by atoms with Gasteiger partial charge in [0, 0.05) is 24.0 Å². The van der Waals surface area contributed by atoms with Crippen LogP contribution >= 0.6 is 0 Å². The van der Waals surface area contributed by atoms with Crippen molar-refractivity contribution < 1.29 is 4.74 Å². The lowest BCUT2D eigenvalue weighted by Gasteiger charge is -2.27. The minimum absolute atomic E-state index is 0.439. The predicted octanol–water partition coefficient (Wildman–Crippen LogP) is 2.41. The third-order valence-electron chi connectivity index (χ3n) is 4.56. The summed E-state index contributed by atoms with van der Waals surface area (Å²) in [4.78, 5) is 0. The van der Waals surface area contributed by atoms with Crippen LogP contribution in [0.4, 0.5) is 0 Å².